The van der Waals surface area contributed by atoms with Gasteiger partial charge in [0.1, 0.15) is 0 Å². The van der Waals surface area contributed by atoms with Crippen LogP contribution < -0.4 is 5.56 Å². The summed E-state index contributed by atoms with van der Waals surface area (Å²) >= 11 is 0. The van der Waals surface area contributed by atoms with E-state index in [0.717, 1.165) is 13.1 Å². The monoisotopic (exact) mass is 355 g/mol. The fourth-order valence-electron chi connectivity index (χ4n) is 3.36. The Morgan fingerprint density at radius 3 is 2.62 bits per heavy atom. The number of aromatic nitrogens is 1. The number of H-pyrrole nitrogens is 1. The minimum Gasteiger partial charge on any atom is -0.396 e. The number of aryl methyl sites for hydroxylation is 1. The highest BCUT2D eigenvalue weighted by atomic mass is 16.3. The molecule has 0 bridgehead atoms. The van der Waals surface area contributed by atoms with Crippen LogP contribution in [0.5, 0.6) is 0 Å². The Kier molecular flexibility index (Phi) is 5.85. The smallest absolute Gasteiger partial charge is 0.255 e. The zero-order valence-corrected chi connectivity index (χ0v) is 15.0. The maximum atomic E-state index is 12.7. The lowest BCUT2D eigenvalue weighted by Crippen LogP contribution is -2.54. The van der Waals surface area contributed by atoms with Crippen molar-refractivity contribution in [1.29, 1.82) is 0 Å². The van der Waals surface area contributed by atoms with Crippen molar-refractivity contribution >= 4 is 5.91 Å². The molecule has 3 rings (SSSR count). The molecule has 0 saturated carbocycles. The van der Waals surface area contributed by atoms with E-state index in [0.29, 0.717) is 25.1 Å². The summed E-state index contributed by atoms with van der Waals surface area (Å²) in [6.45, 7) is 4.94. The summed E-state index contributed by atoms with van der Waals surface area (Å²) in [5, 5.41) is 9.44. The van der Waals surface area contributed by atoms with Crippen molar-refractivity contribution in [3.63, 3.8) is 0 Å². The fraction of sp³-hybridized carbons (Fsp3) is 0.400. The number of amides is 1. The van der Waals surface area contributed by atoms with Crippen molar-refractivity contribution in [1.82, 2.24) is 14.8 Å². The normalized spacial score (nSPS) is 18.1. The first-order chi connectivity index (χ1) is 12.6. The number of nitrogens with zero attached hydrogens (tertiary/aromatic N) is 2. The molecule has 2 aromatic rings. The molecule has 6 heteroatoms. The highest BCUT2D eigenvalue weighted by Gasteiger charge is 2.29. The largest absolute Gasteiger partial charge is 0.396 e. The number of hydrogen-bond acceptors (Lipinski definition) is 4. The molecule has 1 fully saturated rings. The number of nitrogens with one attached hydrogen (secondary N) is 1. The highest BCUT2D eigenvalue weighted by Crippen LogP contribution is 2.18. The van der Waals surface area contributed by atoms with Gasteiger partial charge in [0.2, 0.25) is 5.56 Å². The third kappa shape index (κ3) is 4.39. The van der Waals surface area contributed by atoms with Crippen LogP contribution >= 0.6 is 0 Å². The molecule has 26 heavy (non-hydrogen) atoms. The van der Waals surface area contributed by atoms with Crippen molar-refractivity contribution in [3.8, 4) is 0 Å². The lowest BCUT2D eigenvalue weighted by Gasteiger charge is -2.41. The molecule has 138 valence electrons. The number of aromatic amines is 1. The molecule has 1 atom stereocenters. The van der Waals surface area contributed by atoms with Gasteiger partial charge in [-0.25, -0.2) is 0 Å². The zero-order chi connectivity index (χ0) is 18.5. The summed E-state index contributed by atoms with van der Waals surface area (Å²) in [6.07, 6.45) is 2.09. The van der Waals surface area contributed by atoms with Gasteiger partial charge in [0.25, 0.3) is 5.91 Å². The van der Waals surface area contributed by atoms with E-state index in [1.165, 1.54) is 23.4 Å². The number of aliphatic hydroxyl groups is 1. The number of rotatable bonds is 5. The first kappa shape index (κ1) is 18.4. The summed E-state index contributed by atoms with van der Waals surface area (Å²) < 4.78 is 0. The highest BCUT2D eigenvalue weighted by molar-refractivity contribution is 5.94. The van der Waals surface area contributed by atoms with Gasteiger partial charge in [0.15, 0.2) is 0 Å². The molecule has 2 N–H and O–H groups in total. The van der Waals surface area contributed by atoms with Gasteiger partial charge in [-0.1, -0.05) is 29.8 Å². The van der Waals surface area contributed by atoms with Gasteiger partial charge in [-0.2, -0.15) is 0 Å². The maximum absolute atomic E-state index is 12.7. The second-order valence-corrected chi connectivity index (χ2v) is 6.81. The minimum atomic E-state index is -0.220. The molecule has 1 saturated heterocycles. The van der Waals surface area contributed by atoms with Crippen LogP contribution in [0.15, 0.2) is 47.4 Å². The Morgan fingerprint density at radius 2 is 1.96 bits per heavy atom. The second kappa shape index (κ2) is 8.29. The number of piperazine rings is 1. The molecule has 0 unspecified atom stereocenters. The lowest BCUT2D eigenvalue weighted by molar-refractivity contribution is 0.0395. The van der Waals surface area contributed by atoms with Crippen molar-refractivity contribution in [3.05, 3.63) is 69.6 Å². The van der Waals surface area contributed by atoms with Gasteiger partial charge in [-0.05, 0) is 25.0 Å². The van der Waals surface area contributed by atoms with Crippen molar-refractivity contribution in [2.24, 2.45) is 0 Å². The number of aliphatic hydroxyl groups excluding tert-OH is 1. The van der Waals surface area contributed by atoms with Crippen LogP contribution in [0.3, 0.4) is 0 Å². The van der Waals surface area contributed by atoms with Crippen LogP contribution in [0.4, 0.5) is 0 Å². The molecule has 0 aliphatic carbocycles. The van der Waals surface area contributed by atoms with Crippen molar-refractivity contribution in [2.45, 2.75) is 25.9 Å². The van der Waals surface area contributed by atoms with E-state index in [1.54, 1.807) is 11.0 Å². The van der Waals surface area contributed by atoms with Crippen molar-refractivity contribution in [2.75, 3.05) is 26.2 Å². The summed E-state index contributed by atoms with van der Waals surface area (Å²) in [4.78, 5) is 30.6. The Morgan fingerprint density at radius 1 is 1.19 bits per heavy atom. The molecule has 0 radical (unpaired) electrons. The van der Waals surface area contributed by atoms with E-state index < -0.39 is 0 Å². The molecule has 1 aromatic heterocycles. The van der Waals surface area contributed by atoms with Gasteiger partial charge in [-0.3, -0.25) is 14.5 Å². The second-order valence-electron chi connectivity index (χ2n) is 6.81. The summed E-state index contributed by atoms with van der Waals surface area (Å²) in [6, 6.07) is 11.5. The SMILES string of the molecule is Cc1ccc(CN2CCN(C(=O)c3ccc(=O)[nH]c3)C[C@H]2CCO)cc1. The van der Waals surface area contributed by atoms with E-state index in [4.69, 9.17) is 0 Å². The van der Waals surface area contributed by atoms with Crippen LogP contribution in [0, 0.1) is 6.92 Å². The third-order valence-corrected chi connectivity index (χ3v) is 4.89. The maximum Gasteiger partial charge on any atom is 0.255 e. The number of hydrogen-bond donors (Lipinski definition) is 2. The van der Waals surface area contributed by atoms with Crippen LogP contribution in [0.2, 0.25) is 0 Å². The molecule has 1 aromatic carbocycles. The zero-order valence-electron chi connectivity index (χ0n) is 15.0. The topological polar surface area (TPSA) is 76.6 Å². The van der Waals surface area contributed by atoms with Gasteiger partial charge in [0, 0.05) is 51.1 Å². The predicted molar refractivity (Wildman–Crippen MR) is 100 cm³/mol. The Hall–Kier alpha value is -2.44. The first-order valence-corrected chi connectivity index (χ1v) is 8.95. The molecule has 1 aliphatic heterocycles. The molecular weight excluding hydrogens is 330 g/mol. The standard InChI is InChI=1S/C20H25N3O3/c1-15-2-4-16(5-3-15)13-22-9-10-23(14-18(22)8-11-24)20(26)17-6-7-19(25)21-12-17/h2-7,12,18,24H,8-11,13-14H2,1H3,(H,21,25)/t18-/m1/s1. The van der Waals surface area contributed by atoms with Crippen LogP contribution in [0.1, 0.15) is 27.9 Å². The Balaban J connectivity index is 1.68. The molecule has 6 nitrogen and oxygen atoms in total. The lowest BCUT2D eigenvalue weighted by atomic mass is 10.1. The van der Waals surface area contributed by atoms with E-state index in [9.17, 15) is 14.7 Å². The number of pyridine rings is 1. The molecule has 1 amide bonds. The van der Waals surface area contributed by atoms with Crippen LogP contribution in [0.25, 0.3) is 0 Å². The van der Waals surface area contributed by atoms with Crippen LogP contribution in [-0.2, 0) is 6.54 Å². The van der Waals surface area contributed by atoms with Gasteiger partial charge in [0.05, 0.1) is 5.56 Å². The molecule has 1 aliphatic rings. The first-order valence-electron chi connectivity index (χ1n) is 8.95. The number of benzene rings is 1. The quantitative estimate of drug-likeness (QED) is 0.850. The number of carbonyl (C=O) groups is 1. The van der Waals surface area contributed by atoms with E-state index in [2.05, 4.69) is 41.1 Å². The van der Waals surface area contributed by atoms with Gasteiger partial charge < -0.3 is 15.0 Å². The van der Waals surface area contributed by atoms with Gasteiger partial charge in [-0.15, -0.1) is 0 Å². The summed E-state index contributed by atoms with van der Waals surface area (Å²) in [5.74, 6) is -0.0841. The summed E-state index contributed by atoms with van der Waals surface area (Å²) in [7, 11) is 0. The average Bonchev–Trinajstić information content (AvgIpc) is 2.65. The predicted octanol–water partition coefficient (Wildman–Crippen LogP) is 1.39. The Bertz CT molecular complexity index is 780. The molecule has 0 spiro atoms. The third-order valence-electron chi connectivity index (χ3n) is 4.89. The average molecular weight is 355 g/mol. The van der Waals surface area contributed by atoms with Crippen molar-refractivity contribution < 1.29 is 9.90 Å². The summed E-state index contributed by atoms with van der Waals surface area (Å²) in [5.41, 5.74) is 2.73. The van der Waals surface area contributed by atoms with Crippen LogP contribution in [-0.4, -0.2) is 58.1 Å². The van der Waals surface area contributed by atoms with E-state index in [-0.39, 0.29) is 24.1 Å². The fourth-order valence-corrected chi connectivity index (χ4v) is 3.36. The Labute approximate surface area is 153 Å². The number of carbonyl (C=O) groups excluding carboxylic acids is 1. The minimum absolute atomic E-state index is 0.0841. The van der Waals surface area contributed by atoms with Gasteiger partial charge >= 0.3 is 0 Å². The van der Waals surface area contributed by atoms with E-state index in [1.807, 2.05) is 0 Å². The molecule has 2 heterocycles. The van der Waals surface area contributed by atoms with E-state index >= 15 is 0 Å². The molecular formula is C20H25N3O3.